The van der Waals surface area contributed by atoms with E-state index in [1.165, 1.54) is 17.7 Å². The van der Waals surface area contributed by atoms with E-state index in [9.17, 15) is 0 Å². The van der Waals surface area contributed by atoms with Crippen LogP contribution < -0.4 is 5.32 Å². The number of aryl methyl sites for hydroxylation is 1. The van der Waals surface area contributed by atoms with Crippen molar-refractivity contribution >= 4 is 27.5 Å². The maximum atomic E-state index is 4.56. The van der Waals surface area contributed by atoms with E-state index in [4.69, 9.17) is 0 Å². The largest absolute Gasteiger partial charge is 0.385 e. The topological polar surface area (TPSA) is 50.7 Å². The number of nitrogens with one attached hydrogen (secondary N) is 1. The third kappa shape index (κ3) is 1.86. The fourth-order valence-corrected chi connectivity index (χ4v) is 3.27. The zero-order chi connectivity index (χ0) is 12.7. The summed E-state index contributed by atoms with van der Waals surface area (Å²) in [7, 11) is 0. The van der Waals surface area contributed by atoms with Crippen LogP contribution in [0, 0.1) is 0 Å². The fraction of sp³-hybridized carbons (Fsp3) is 0.214. The molecule has 0 aliphatic carbocycles. The van der Waals surface area contributed by atoms with Crippen LogP contribution in [0.2, 0.25) is 0 Å². The minimum Gasteiger partial charge on any atom is -0.385 e. The summed E-state index contributed by atoms with van der Waals surface area (Å²) in [5.74, 6) is 0. The Morgan fingerprint density at radius 2 is 2.11 bits per heavy atom. The van der Waals surface area contributed by atoms with Crippen LogP contribution in [0.15, 0.2) is 30.6 Å². The predicted octanol–water partition coefficient (Wildman–Crippen LogP) is 3.11. The second-order valence-corrected chi connectivity index (χ2v) is 5.58. The molecule has 19 heavy (non-hydrogen) atoms. The molecule has 1 aliphatic rings. The van der Waals surface area contributed by atoms with Crippen LogP contribution in [-0.4, -0.2) is 21.5 Å². The van der Waals surface area contributed by atoms with E-state index >= 15 is 0 Å². The number of aromatic nitrogens is 3. The summed E-state index contributed by atoms with van der Waals surface area (Å²) in [4.78, 5) is 14.0. The summed E-state index contributed by atoms with van der Waals surface area (Å²) in [5, 5.41) is 4.42. The lowest BCUT2D eigenvalue weighted by Crippen LogP contribution is -2.11. The highest BCUT2D eigenvalue weighted by Gasteiger charge is 2.12. The van der Waals surface area contributed by atoms with E-state index in [2.05, 4.69) is 38.5 Å². The Kier molecular flexibility index (Phi) is 2.45. The first-order valence-corrected chi connectivity index (χ1v) is 7.16. The van der Waals surface area contributed by atoms with Gasteiger partial charge in [-0.15, -0.1) is 0 Å². The highest BCUT2D eigenvalue weighted by Crippen LogP contribution is 2.31. The van der Waals surface area contributed by atoms with Crippen molar-refractivity contribution < 1.29 is 0 Å². The van der Waals surface area contributed by atoms with Gasteiger partial charge in [-0.3, -0.25) is 0 Å². The number of hydrogen-bond donors (Lipinski definition) is 1. The third-order valence-corrected chi connectivity index (χ3v) is 4.34. The normalized spacial score (nSPS) is 14.1. The highest BCUT2D eigenvalue weighted by molar-refractivity contribution is 7.21. The first-order chi connectivity index (χ1) is 9.40. The van der Waals surface area contributed by atoms with Crippen molar-refractivity contribution in [2.75, 3.05) is 11.9 Å². The maximum Gasteiger partial charge on any atom is 0.190 e. The van der Waals surface area contributed by atoms with Crippen LogP contribution in [0.3, 0.4) is 0 Å². The number of thiazole rings is 1. The summed E-state index contributed by atoms with van der Waals surface area (Å²) in [6, 6.07) is 6.50. The molecular weight excluding hydrogens is 256 g/mol. The van der Waals surface area contributed by atoms with Gasteiger partial charge in [0, 0.05) is 30.2 Å². The summed E-state index contributed by atoms with van der Waals surface area (Å²) in [5.41, 5.74) is 4.53. The first kappa shape index (κ1) is 10.9. The number of benzene rings is 1. The van der Waals surface area contributed by atoms with Crippen molar-refractivity contribution in [1.29, 1.82) is 0 Å². The SMILES string of the molecule is c1cnc2sc(-c3ccc4c(c3)CCCN4)nc2n1. The second kappa shape index (κ2) is 4.28. The molecule has 1 aromatic carbocycles. The van der Waals surface area contributed by atoms with E-state index in [1.54, 1.807) is 23.7 Å². The van der Waals surface area contributed by atoms with Crippen molar-refractivity contribution in [3.05, 3.63) is 36.2 Å². The summed E-state index contributed by atoms with van der Waals surface area (Å²) >= 11 is 1.60. The minimum absolute atomic E-state index is 0.735. The molecule has 0 atom stereocenters. The smallest absolute Gasteiger partial charge is 0.190 e. The second-order valence-electron chi connectivity index (χ2n) is 4.61. The van der Waals surface area contributed by atoms with Crippen LogP contribution in [0.5, 0.6) is 0 Å². The fourth-order valence-electron chi connectivity index (χ4n) is 2.41. The Morgan fingerprint density at radius 3 is 3.05 bits per heavy atom. The number of anilines is 1. The quantitative estimate of drug-likeness (QED) is 0.736. The zero-order valence-corrected chi connectivity index (χ0v) is 11.1. The van der Waals surface area contributed by atoms with E-state index in [0.717, 1.165) is 34.0 Å². The molecule has 0 saturated heterocycles. The summed E-state index contributed by atoms with van der Waals surface area (Å²) in [6.07, 6.45) is 5.72. The Balaban J connectivity index is 1.83. The van der Waals surface area contributed by atoms with Crippen LogP contribution >= 0.6 is 11.3 Å². The summed E-state index contributed by atoms with van der Waals surface area (Å²) < 4.78 is 0. The average Bonchev–Trinajstić information content (AvgIpc) is 2.90. The zero-order valence-electron chi connectivity index (χ0n) is 10.3. The molecule has 3 heterocycles. The summed E-state index contributed by atoms with van der Waals surface area (Å²) in [6.45, 7) is 1.07. The van der Waals surface area contributed by atoms with Gasteiger partial charge in [0.2, 0.25) is 0 Å². The monoisotopic (exact) mass is 268 g/mol. The standard InChI is InChI=1S/C14H12N4S/c1-2-9-8-10(3-4-11(9)15-5-1)13-18-12-14(19-13)17-7-6-16-12/h3-4,6-8,15H,1-2,5H2. The van der Waals surface area contributed by atoms with E-state index < -0.39 is 0 Å². The molecule has 0 bridgehead atoms. The van der Waals surface area contributed by atoms with Gasteiger partial charge in [-0.2, -0.15) is 0 Å². The molecular formula is C14H12N4S. The number of fused-ring (bicyclic) bond motifs is 2. The molecule has 0 radical (unpaired) electrons. The van der Waals surface area contributed by atoms with Gasteiger partial charge < -0.3 is 5.32 Å². The lowest BCUT2D eigenvalue weighted by molar-refractivity contribution is 0.830. The van der Waals surface area contributed by atoms with Crippen molar-refractivity contribution in [3.63, 3.8) is 0 Å². The van der Waals surface area contributed by atoms with Crippen molar-refractivity contribution in [1.82, 2.24) is 15.0 Å². The van der Waals surface area contributed by atoms with Gasteiger partial charge in [0.15, 0.2) is 10.5 Å². The van der Waals surface area contributed by atoms with E-state index in [1.807, 2.05) is 0 Å². The molecule has 1 N–H and O–H groups in total. The highest BCUT2D eigenvalue weighted by atomic mass is 32.1. The Labute approximate surface area is 114 Å². The molecule has 1 aliphatic heterocycles. The molecule has 4 nitrogen and oxygen atoms in total. The van der Waals surface area contributed by atoms with Crippen LogP contribution in [0.1, 0.15) is 12.0 Å². The van der Waals surface area contributed by atoms with E-state index in [-0.39, 0.29) is 0 Å². The van der Waals surface area contributed by atoms with Gasteiger partial charge in [-0.05, 0) is 36.6 Å². The molecule has 0 unspecified atom stereocenters. The third-order valence-electron chi connectivity index (χ3n) is 3.34. The Hall–Kier alpha value is -2.01. The lowest BCUT2D eigenvalue weighted by atomic mass is 10.0. The van der Waals surface area contributed by atoms with Gasteiger partial charge >= 0.3 is 0 Å². The molecule has 2 aromatic heterocycles. The van der Waals surface area contributed by atoms with Crippen molar-refractivity contribution in [3.8, 4) is 10.6 Å². The molecule has 4 rings (SSSR count). The number of hydrogen-bond acceptors (Lipinski definition) is 5. The lowest BCUT2D eigenvalue weighted by Gasteiger charge is -2.18. The van der Waals surface area contributed by atoms with Gasteiger partial charge in [0.1, 0.15) is 5.01 Å². The minimum atomic E-state index is 0.735. The molecule has 0 amide bonds. The van der Waals surface area contributed by atoms with Crippen LogP contribution in [0.25, 0.3) is 21.0 Å². The molecule has 0 spiro atoms. The van der Waals surface area contributed by atoms with Crippen LogP contribution in [-0.2, 0) is 6.42 Å². The maximum absolute atomic E-state index is 4.56. The van der Waals surface area contributed by atoms with Crippen LogP contribution in [0.4, 0.5) is 5.69 Å². The molecule has 3 aromatic rings. The molecule has 0 fully saturated rings. The van der Waals surface area contributed by atoms with Gasteiger partial charge in [0.05, 0.1) is 0 Å². The van der Waals surface area contributed by atoms with Crippen molar-refractivity contribution in [2.24, 2.45) is 0 Å². The Morgan fingerprint density at radius 1 is 1.16 bits per heavy atom. The van der Waals surface area contributed by atoms with Crippen molar-refractivity contribution in [2.45, 2.75) is 12.8 Å². The number of nitrogens with zero attached hydrogens (tertiary/aromatic N) is 3. The molecule has 5 heteroatoms. The predicted molar refractivity (Wildman–Crippen MR) is 77.5 cm³/mol. The first-order valence-electron chi connectivity index (χ1n) is 6.35. The van der Waals surface area contributed by atoms with Gasteiger partial charge in [0.25, 0.3) is 0 Å². The van der Waals surface area contributed by atoms with Gasteiger partial charge in [-0.25, -0.2) is 15.0 Å². The van der Waals surface area contributed by atoms with Gasteiger partial charge in [-0.1, -0.05) is 11.3 Å². The van der Waals surface area contributed by atoms with E-state index in [0.29, 0.717) is 0 Å². The average molecular weight is 268 g/mol. The molecule has 94 valence electrons. The number of rotatable bonds is 1. The molecule has 0 saturated carbocycles. The Bertz CT molecular complexity index is 717.